The highest BCUT2D eigenvalue weighted by Crippen LogP contribution is 2.31. The zero-order valence-electron chi connectivity index (χ0n) is 29.2. The van der Waals surface area contributed by atoms with Gasteiger partial charge in [-0.2, -0.15) is 0 Å². The maximum Gasteiger partial charge on any atom is 0.276 e. The molecule has 4 aliphatic rings. The van der Waals surface area contributed by atoms with E-state index in [1.165, 1.54) is 27.9 Å². The summed E-state index contributed by atoms with van der Waals surface area (Å²) in [6, 6.07) is 9.22. The number of nitrogens with zero attached hydrogens (tertiary/aromatic N) is 6. The first-order valence-electron chi connectivity index (χ1n) is 16.7. The molecule has 0 unspecified atom stereocenters. The molecule has 6 heterocycles. The molecule has 0 radical (unpaired) electrons. The second-order valence-corrected chi connectivity index (χ2v) is 14.2. The van der Waals surface area contributed by atoms with Gasteiger partial charge in [0.25, 0.3) is 22.9 Å². The van der Waals surface area contributed by atoms with Crippen LogP contribution in [0.4, 0.5) is 29.0 Å². The second kappa shape index (κ2) is 14.1. The summed E-state index contributed by atoms with van der Waals surface area (Å²) in [5, 5.41) is 13.9. The van der Waals surface area contributed by atoms with Gasteiger partial charge < -0.3 is 32.3 Å². The minimum Gasteiger partial charge on any atom is -0.384 e. The molecule has 276 valence electrons. The summed E-state index contributed by atoms with van der Waals surface area (Å²) < 4.78 is 2.78. The molecule has 2 fully saturated rings. The largest absolute Gasteiger partial charge is 0.384 e. The molecular weight excluding hydrogens is 708 g/mol. The minimum atomic E-state index is -0.809. The number of hydrogen-bond acceptors (Lipinski definition) is 12. The van der Waals surface area contributed by atoms with Gasteiger partial charge in [0, 0.05) is 24.0 Å². The van der Waals surface area contributed by atoms with Crippen molar-refractivity contribution in [3.05, 3.63) is 86.2 Å². The third-order valence-corrected chi connectivity index (χ3v) is 8.84. The third kappa shape index (κ3) is 8.17. The van der Waals surface area contributed by atoms with Gasteiger partial charge in [0.1, 0.15) is 69.3 Å². The van der Waals surface area contributed by atoms with Crippen LogP contribution >= 0.6 is 11.6 Å². The summed E-state index contributed by atoms with van der Waals surface area (Å²) >= 11 is 5.69. The number of rotatable bonds is 6. The molecule has 0 spiro atoms. The molecule has 18 nitrogen and oxygen atoms in total. The van der Waals surface area contributed by atoms with Crippen molar-refractivity contribution in [2.24, 2.45) is 11.8 Å². The first-order valence-corrected chi connectivity index (χ1v) is 17.0. The molecule has 8 rings (SSSR count). The minimum absolute atomic E-state index is 0.0260. The molecule has 2 aliphatic carbocycles. The lowest BCUT2D eigenvalue weighted by Gasteiger charge is -2.21. The molecule has 0 aromatic carbocycles. The van der Waals surface area contributed by atoms with Crippen LogP contribution in [0, 0.1) is 11.8 Å². The number of amides is 4. The van der Waals surface area contributed by atoms with Crippen molar-refractivity contribution in [1.82, 2.24) is 39.7 Å². The molecule has 19 heteroatoms. The number of anilines is 5. The van der Waals surface area contributed by atoms with Crippen LogP contribution in [0.2, 0.25) is 5.02 Å². The standard InChI is InChI=1S/C17H18N6O3.C9H9ClN2O2.C8H10N4O/c1-17(2)22-15(25)11-6-5-10(16(26)23(11)17)20-12-7-13(19-8-18-12)21-14(24)9-3-4-9;1-9(2)11-7(13)6-4-3-5(10)8(14)12(6)9;9-6-3-7(11-4-10-6)12-8(13)5-1-2-5/h5-9H,3-4H2,1-2H3,(H,22,25)(H2,18,19,20,21,24);3-4H,1-2H3,(H,11,13);3-5H,1-2H2,(H3,9,10,11,12,13). The predicted octanol–water partition coefficient (Wildman–Crippen LogP) is 2.51. The summed E-state index contributed by atoms with van der Waals surface area (Å²) in [6.07, 6.45) is 6.40. The molecule has 4 aromatic rings. The zero-order valence-corrected chi connectivity index (χ0v) is 29.9. The topological polar surface area (TPSA) is 250 Å². The Bertz CT molecular complexity index is 2260. The number of nitrogens with two attached hydrogens (primary N) is 1. The van der Waals surface area contributed by atoms with E-state index in [-0.39, 0.29) is 57.3 Å². The van der Waals surface area contributed by atoms with E-state index in [0.717, 1.165) is 25.7 Å². The van der Waals surface area contributed by atoms with Crippen LogP contribution in [0.5, 0.6) is 0 Å². The fourth-order valence-electron chi connectivity index (χ4n) is 5.63. The van der Waals surface area contributed by atoms with Crippen molar-refractivity contribution in [2.75, 3.05) is 21.7 Å². The Balaban J connectivity index is 0.000000150. The molecule has 0 saturated heterocycles. The van der Waals surface area contributed by atoms with Crippen molar-refractivity contribution in [2.45, 2.75) is 64.7 Å². The fraction of sp³-hybridized carbons (Fsp3) is 0.353. The number of fused-ring (bicyclic) bond motifs is 2. The van der Waals surface area contributed by atoms with Gasteiger partial charge in [-0.1, -0.05) is 11.6 Å². The monoisotopic (exact) mass is 744 g/mol. The van der Waals surface area contributed by atoms with Gasteiger partial charge in [-0.15, -0.1) is 0 Å². The molecule has 2 saturated carbocycles. The number of pyridine rings is 2. The van der Waals surface area contributed by atoms with Gasteiger partial charge in [0.05, 0.1) is 0 Å². The second-order valence-electron chi connectivity index (χ2n) is 13.8. The zero-order chi connectivity index (χ0) is 38.2. The summed E-state index contributed by atoms with van der Waals surface area (Å²) in [5.74, 6) is 1.26. The van der Waals surface area contributed by atoms with Crippen LogP contribution in [0.15, 0.2) is 58.6 Å². The number of carbonyl (C=O) groups excluding carboxylic acids is 4. The Morgan fingerprint density at radius 2 is 1.19 bits per heavy atom. The van der Waals surface area contributed by atoms with Crippen molar-refractivity contribution < 1.29 is 19.2 Å². The Hall–Kier alpha value is -6.17. The number of nitrogens with one attached hydrogen (secondary N) is 5. The molecule has 53 heavy (non-hydrogen) atoms. The number of nitrogen functional groups attached to an aromatic ring is 1. The Morgan fingerprint density at radius 3 is 1.72 bits per heavy atom. The van der Waals surface area contributed by atoms with E-state index in [1.807, 2.05) is 0 Å². The number of carbonyl (C=O) groups is 4. The van der Waals surface area contributed by atoms with Gasteiger partial charge in [-0.05, 0) is 77.6 Å². The van der Waals surface area contributed by atoms with Gasteiger partial charge in [0.2, 0.25) is 11.8 Å². The molecule has 0 atom stereocenters. The van der Waals surface area contributed by atoms with Crippen LogP contribution in [0.25, 0.3) is 0 Å². The van der Waals surface area contributed by atoms with Crippen molar-refractivity contribution in [3.8, 4) is 0 Å². The van der Waals surface area contributed by atoms with E-state index < -0.39 is 11.3 Å². The van der Waals surface area contributed by atoms with Crippen molar-refractivity contribution in [3.63, 3.8) is 0 Å². The van der Waals surface area contributed by atoms with E-state index >= 15 is 0 Å². The Morgan fingerprint density at radius 1 is 0.717 bits per heavy atom. The van der Waals surface area contributed by atoms with Gasteiger partial charge in [0.15, 0.2) is 0 Å². The van der Waals surface area contributed by atoms with E-state index in [1.54, 1.807) is 58.0 Å². The van der Waals surface area contributed by atoms with E-state index in [4.69, 9.17) is 17.3 Å². The average molecular weight is 745 g/mol. The lowest BCUT2D eigenvalue weighted by Crippen LogP contribution is -2.42. The van der Waals surface area contributed by atoms with Crippen molar-refractivity contribution in [1.29, 1.82) is 0 Å². The molecular formula is C34H37ClN12O6. The summed E-state index contributed by atoms with van der Waals surface area (Å²) in [6.45, 7) is 7.00. The summed E-state index contributed by atoms with van der Waals surface area (Å²) in [4.78, 5) is 86.6. The smallest absolute Gasteiger partial charge is 0.276 e. The van der Waals surface area contributed by atoms with E-state index in [2.05, 4.69) is 46.5 Å². The number of halogens is 1. The maximum absolute atomic E-state index is 12.8. The first kappa shape index (κ1) is 36.6. The predicted molar refractivity (Wildman–Crippen MR) is 194 cm³/mol. The molecule has 4 amide bonds. The van der Waals surface area contributed by atoms with Crippen LogP contribution in [0.1, 0.15) is 74.4 Å². The van der Waals surface area contributed by atoms with Crippen LogP contribution in [-0.4, -0.2) is 52.7 Å². The maximum atomic E-state index is 12.8. The van der Waals surface area contributed by atoms with E-state index in [0.29, 0.717) is 34.7 Å². The Labute approximate surface area is 307 Å². The fourth-order valence-corrected chi connectivity index (χ4v) is 5.78. The lowest BCUT2D eigenvalue weighted by molar-refractivity contribution is -0.118. The Kier molecular flexibility index (Phi) is 9.74. The quantitative estimate of drug-likeness (QED) is 0.167. The van der Waals surface area contributed by atoms with Gasteiger partial charge >= 0.3 is 0 Å². The van der Waals surface area contributed by atoms with Gasteiger partial charge in [-0.25, -0.2) is 19.9 Å². The highest BCUT2D eigenvalue weighted by molar-refractivity contribution is 6.30. The molecule has 2 aliphatic heterocycles. The lowest BCUT2D eigenvalue weighted by atomic mass is 10.2. The highest BCUT2D eigenvalue weighted by Gasteiger charge is 2.37. The van der Waals surface area contributed by atoms with Crippen LogP contribution in [0.3, 0.4) is 0 Å². The molecule has 0 bridgehead atoms. The van der Waals surface area contributed by atoms with Crippen molar-refractivity contribution >= 4 is 64.2 Å². The van der Waals surface area contributed by atoms with E-state index in [9.17, 15) is 28.8 Å². The summed E-state index contributed by atoms with van der Waals surface area (Å²) in [5.41, 5.74) is 4.17. The number of aromatic nitrogens is 6. The molecule has 4 aromatic heterocycles. The van der Waals surface area contributed by atoms with Crippen LogP contribution < -0.4 is 43.4 Å². The SMILES string of the molecule is CC1(C)NC(=O)c2ccc(Cl)c(=O)n21.CC1(C)NC(=O)c2ccc(Nc3cc(NC(=O)C4CC4)ncn3)c(=O)n21.Nc1cc(NC(=O)C2CC2)ncn1. The number of hydrogen-bond donors (Lipinski definition) is 6. The molecule has 7 N–H and O–H groups in total. The third-order valence-electron chi connectivity index (χ3n) is 8.56. The van der Waals surface area contributed by atoms with Gasteiger partial charge in [-0.3, -0.25) is 37.9 Å². The highest BCUT2D eigenvalue weighted by atomic mass is 35.5. The first-order chi connectivity index (χ1) is 25.0. The van der Waals surface area contributed by atoms with Crippen LogP contribution in [-0.2, 0) is 20.9 Å². The normalized spacial score (nSPS) is 17.0. The summed E-state index contributed by atoms with van der Waals surface area (Å²) in [7, 11) is 0. The average Bonchev–Trinajstić information content (AvgIpc) is 4.01.